The van der Waals surface area contributed by atoms with Gasteiger partial charge in [-0.2, -0.15) is 0 Å². The first kappa shape index (κ1) is 20.4. The molecule has 2 N–H and O–H groups in total. The van der Waals surface area contributed by atoms with Gasteiger partial charge in [-0.05, 0) is 29.8 Å². The van der Waals surface area contributed by atoms with Crippen molar-refractivity contribution in [3.63, 3.8) is 0 Å². The highest BCUT2D eigenvalue weighted by atomic mass is 35.5. The van der Waals surface area contributed by atoms with Crippen molar-refractivity contribution in [3.8, 4) is 0 Å². The third-order valence-corrected chi connectivity index (χ3v) is 5.50. The van der Waals surface area contributed by atoms with Gasteiger partial charge in [-0.1, -0.05) is 41.9 Å². The normalized spacial score (nSPS) is 19.8. The van der Waals surface area contributed by atoms with Gasteiger partial charge in [-0.25, -0.2) is 4.99 Å². The van der Waals surface area contributed by atoms with Crippen LogP contribution in [0.2, 0.25) is 5.02 Å². The molecule has 8 heteroatoms. The summed E-state index contributed by atoms with van der Waals surface area (Å²) < 4.78 is 0. The summed E-state index contributed by atoms with van der Waals surface area (Å²) in [4.78, 5) is 33.8. The number of rotatable bonds is 4. The number of hydrogen-bond acceptors (Lipinski definition) is 5. The van der Waals surface area contributed by atoms with Crippen molar-refractivity contribution in [2.45, 2.75) is 19.0 Å². The van der Waals surface area contributed by atoms with Crippen molar-refractivity contribution in [2.24, 2.45) is 4.99 Å². The minimum Gasteiger partial charge on any atom is -0.340 e. The molecule has 1 unspecified atom stereocenters. The molecule has 4 rings (SSSR count). The summed E-state index contributed by atoms with van der Waals surface area (Å²) >= 11 is 5.88. The molecular formula is C22H24ClN5O2. The number of nitrogens with zero attached hydrogens (tertiary/aromatic N) is 3. The maximum absolute atomic E-state index is 12.6. The average molecular weight is 426 g/mol. The molecule has 30 heavy (non-hydrogen) atoms. The maximum atomic E-state index is 12.6. The largest absolute Gasteiger partial charge is 0.340 e. The molecule has 1 saturated heterocycles. The number of hydrogen-bond donors (Lipinski definition) is 2. The van der Waals surface area contributed by atoms with E-state index in [-0.39, 0.29) is 18.2 Å². The Kier molecular flexibility index (Phi) is 6.30. The minimum absolute atomic E-state index is 0.0386. The van der Waals surface area contributed by atoms with Crippen LogP contribution in [0.15, 0.2) is 59.6 Å². The molecule has 156 valence electrons. The van der Waals surface area contributed by atoms with Crippen LogP contribution in [0.25, 0.3) is 0 Å². The summed E-state index contributed by atoms with van der Waals surface area (Å²) in [6.07, 6.45) is 0.0386. The van der Waals surface area contributed by atoms with Gasteiger partial charge in [0.2, 0.25) is 17.8 Å². The average Bonchev–Trinajstić information content (AvgIpc) is 2.76. The molecule has 0 aromatic heterocycles. The lowest BCUT2D eigenvalue weighted by Gasteiger charge is -2.37. The topological polar surface area (TPSA) is 77.0 Å². The van der Waals surface area contributed by atoms with Crippen molar-refractivity contribution < 1.29 is 9.59 Å². The smallest absolute Gasteiger partial charge is 0.249 e. The predicted molar refractivity (Wildman–Crippen MR) is 117 cm³/mol. The molecule has 1 fully saturated rings. The van der Waals surface area contributed by atoms with Gasteiger partial charge in [0.1, 0.15) is 6.04 Å². The van der Waals surface area contributed by atoms with Crippen LogP contribution in [-0.4, -0.2) is 59.8 Å². The van der Waals surface area contributed by atoms with Crippen LogP contribution in [-0.2, 0) is 16.1 Å². The third kappa shape index (κ3) is 5.17. The molecule has 2 aromatic carbocycles. The molecule has 1 atom stereocenters. The standard InChI is InChI=1S/C22H24ClN5O2/c23-17-6-8-18(9-7-17)24-21(30)19-14-20(29)26-22(25-19)28-12-10-27(11-13-28)15-16-4-2-1-3-5-16/h1-9,19H,10-15H2,(H,24,30)(H,25,26,29). The lowest BCUT2D eigenvalue weighted by Crippen LogP contribution is -2.56. The van der Waals surface area contributed by atoms with Crippen molar-refractivity contribution in [3.05, 3.63) is 65.2 Å². The number of aliphatic imine (C=N–C) groups is 1. The fourth-order valence-corrected chi connectivity index (χ4v) is 3.73. The van der Waals surface area contributed by atoms with E-state index in [4.69, 9.17) is 11.6 Å². The van der Waals surface area contributed by atoms with E-state index < -0.39 is 6.04 Å². The summed E-state index contributed by atoms with van der Waals surface area (Å²) in [5, 5.41) is 6.23. The number of carbonyl (C=O) groups is 2. The molecule has 0 aliphatic carbocycles. The summed E-state index contributed by atoms with van der Waals surface area (Å²) in [5.41, 5.74) is 1.91. The van der Waals surface area contributed by atoms with Gasteiger partial charge in [0.25, 0.3) is 0 Å². The first-order valence-electron chi connectivity index (χ1n) is 10.0. The molecule has 2 heterocycles. The monoisotopic (exact) mass is 425 g/mol. The number of benzene rings is 2. The molecule has 2 aromatic rings. The Bertz CT molecular complexity index is 924. The fraction of sp³-hybridized carbons (Fsp3) is 0.318. The number of guanidine groups is 1. The second-order valence-electron chi connectivity index (χ2n) is 7.47. The summed E-state index contributed by atoms with van der Waals surface area (Å²) in [7, 11) is 0. The SMILES string of the molecule is O=C1CC(C(=O)Nc2ccc(Cl)cc2)N=C(N2CCN(Cc3ccccc3)CC2)N1. The van der Waals surface area contributed by atoms with Gasteiger partial charge in [-0.15, -0.1) is 0 Å². The highest BCUT2D eigenvalue weighted by molar-refractivity contribution is 6.30. The van der Waals surface area contributed by atoms with Gasteiger partial charge < -0.3 is 10.2 Å². The van der Waals surface area contributed by atoms with E-state index in [1.54, 1.807) is 24.3 Å². The number of halogens is 1. The van der Waals surface area contributed by atoms with Crippen molar-refractivity contribution in [1.29, 1.82) is 0 Å². The quantitative estimate of drug-likeness (QED) is 0.788. The van der Waals surface area contributed by atoms with Gasteiger partial charge in [0.05, 0.1) is 6.42 Å². The zero-order valence-electron chi connectivity index (χ0n) is 16.6. The highest BCUT2D eigenvalue weighted by Crippen LogP contribution is 2.16. The van der Waals surface area contributed by atoms with E-state index >= 15 is 0 Å². The second kappa shape index (κ2) is 9.28. The maximum Gasteiger partial charge on any atom is 0.249 e. The summed E-state index contributed by atoms with van der Waals surface area (Å²) in [6, 6.07) is 16.5. The molecule has 2 amide bonds. The Hall–Kier alpha value is -2.90. The fourth-order valence-electron chi connectivity index (χ4n) is 3.61. The Morgan fingerprint density at radius 3 is 2.47 bits per heavy atom. The Morgan fingerprint density at radius 2 is 1.77 bits per heavy atom. The molecule has 7 nitrogen and oxygen atoms in total. The van der Waals surface area contributed by atoms with E-state index in [1.165, 1.54) is 5.56 Å². The highest BCUT2D eigenvalue weighted by Gasteiger charge is 2.30. The van der Waals surface area contributed by atoms with Gasteiger partial charge in [-0.3, -0.25) is 19.8 Å². The van der Waals surface area contributed by atoms with Gasteiger partial charge in [0.15, 0.2) is 0 Å². The number of anilines is 1. The van der Waals surface area contributed by atoms with Crippen molar-refractivity contribution in [1.82, 2.24) is 15.1 Å². The molecule has 0 bridgehead atoms. The number of nitrogens with one attached hydrogen (secondary N) is 2. The van der Waals surface area contributed by atoms with E-state index in [0.717, 1.165) is 32.7 Å². The number of piperazine rings is 1. The summed E-state index contributed by atoms with van der Waals surface area (Å²) in [5.74, 6) is -0.00257. The van der Waals surface area contributed by atoms with E-state index in [2.05, 4.69) is 32.7 Å². The number of carbonyl (C=O) groups excluding carboxylic acids is 2. The van der Waals surface area contributed by atoms with Crippen LogP contribution in [0.1, 0.15) is 12.0 Å². The zero-order valence-corrected chi connectivity index (χ0v) is 17.3. The lowest BCUT2D eigenvalue weighted by atomic mass is 10.1. The molecular weight excluding hydrogens is 402 g/mol. The Morgan fingerprint density at radius 1 is 1.07 bits per heavy atom. The molecule has 0 saturated carbocycles. The van der Waals surface area contributed by atoms with E-state index in [0.29, 0.717) is 16.7 Å². The third-order valence-electron chi connectivity index (χ3n) is 5.24. The Labute approximate surface area is 180 Å². The lowest BCUT2D eigenvalue weighted by molar-refractivity contribution is -0.125. The van der Waals surface area contributed by atoms with Crippen molar-refractivity contribution in [2.75, 3.05) is 31.5 Å². The van der Waals surface area contributed by atoms with E-state index in [9.17, 15) is 9.59 Å². The predicted octanol–water partition coefficient (Wildman–Crippen LogP) is 2.34. The second-order valence-corrected chi connectivity index (χ2v) is 7.90. The van der Waals surface area contributed by atoms with Crippen LogP contribution in [0.4, 0.5) is 5.69 Å². The van der Waals surface area contributed by atoms with Crippen LogP contribution in [0.5, 0.6) is 0 Å². The van der Waals surface area contributed by atoms with Crippen LogP contribution < -0.4 is 10.6 Å². The Balaban J connectivity index is 1.36. The minimum atomic E-state index is -0.744. The number of amides is 2. The van der Waals surface area contributed by atoms with Gasteiger partial charge >= 0.3 is 0 Å². The summed E-state index contributed by atoms with van der Waals surface area (Å²) in [6.45, 7) is 4.13. The van der Waals surface area contributed by atoms with Crippen LogP contribution in [0.3, 0.4) is 0 Å². The molecule has 2 aliphatic rings. The first-order chi connectivity index (χ1) is 14.6. The van der Waals surface area contributed by atoms with Gasteiger partial charge in [0, 0.05) is 43.4 Å². The first-order valence-corrected chi connectivity index (χ1v) is 10.4. The molecule has 0 radical (unpaired) electrons. The van der Waals surface area contributed by atoms with Crippen molar-refractivity contribution >= 4 is 35.1 Å². The van der Waals surface area contributed by atoms with E-state index in [1.807, 2.05) is 23.1 Å². The van der Waals surface area contributed by atoms with Crippen LogP contribution >= 0.6 is 11.6 Å². The van der Waals surface area contributed by atoms with Crippen LogP contribution in [0, 0.1) is 0 Å². The molecule has 0 spiro atoms. The zero-order chi connectivity index (χ0) is 20.9. The molecule has 2 aliphatic heterocycles.